The number of nitrogens with one attached hydrogen (secondary N) is 1. The van der Waals surface area contributed by atoms with E-state index in [0.717, 1.165) is 36.0 Å². The normalized spacial score (nSPS) is 15.4. The van der Waals surface area contributed by atoms with E-state index < -0.39 is 6.04 Å². The molecule has 0 radical (unpaired) electrons. The van der Waals surface area contributed by atoms with Gasteiger partial charge >= 0.3 is 0 Å². The Balaban J connectivity index is 1.56. The summed E-state index contributed by atoms with van der Waals surface area (Å²) in [6, 6.07) is 8.62. The van der Waals surface area contributed by atoms with Gasteiger partial charge in [-0.15, -0.1) is 0 Å². The lowest BCUT2D eigenvalue weighted by Gasteiger charge is -2.19. The molecule has 2 amide bonds. The van der Waals surface area contributed by atoms with Gasteiger partial charge in [0.1, 0.15) is 6.04 Å². The van der Waals surface area contributed by atoms with E-state index in [4.69, 9.17) is 0 Å². The number of hydrogen-bond donors (Lipinski definition) is 1. The fraction of sp³-hybridized carbons (Fsp3) is 0.429. The second kappa shape index (κ2) is 7.69. The van der Waals surface area contributed by atoms with Crippen LogP contribution in [0.15, 0.2) is 35.1 Å². The Morgan fingerprint density at radius 3 is 2.83 bits per heavy atom. The average molecular weight is 395 g/mol. The first-order chi connectivity index (χ1) is 14.0. The molecule has 8 heteroatoms. The molecular weight excluding hydrogens is 370 g/mol. The molecule has 1 aliphatic heterocycles. The highest BCUT2D eigenvalue weighted by Gasteiger charge is 2.23. The van der Waals surface area contributed by atoms with Crippen LogP contribution in [0.5, 0.6) is 0 Å². The molecule has 3 aromatic rings. The van der Waals surface area contributed by atoms with Crippen molar-refractivity contribution in [1.82, 2.24) is 24.4 Å². The van der Waals surface area contributed by atoms with E-state index in [9.17, 15) is 14.4 Å². The lowest BCUT2D eigenvalue weighted by atomic mass is 10.2. The highest BCUT2D eigenvalue weighted by atomic mass is 16.2. The first kappa shape index (κ1) is 19.2. The summed E-state index contributed by atoms with van der Waals surface area (Å²) in [5.74, 6) is 0.0885. The van der Waals surface area contributed by atoms with Crippen LogP contribution in [0.1, 0.15) is 37.9 Å². The second-order valence-corrected chi connectivity index (χ2v) is 7.54. The van der Waals surface area contributed by atoms with E-state index in [1.807, 2.05) is 52.2 Å². The molecular formula is C21H25N5O3. The molecule has 0 bridgehead atoms. The van der Waals surface area contributed by atoms with Gasteiger partial charge in [-0.1, -0.05) is 12.1 Å². The van der Waals surface area contributed by atoms with E-state index in [1.54, 1.807) is 0 Å². The van der Waals surface area contributed by atoms with Crippen molar-refractivity contribution in [3.8, 4) is 0 Å². The van der Waals surface area contributed by atoms with E-state index in [0.29, 0.717) is 25.2 Å². The van der Waals surface area contributed by atoms with Gasteiger partial charge < -0.3 is 10.2 Å². The quantitative estimate of drug-likeness (QED) is 0.643. The minimum absolute atomic E-state index is 0.112. The van der Waals surface area contributed by atoms with Crippen LogP contribution in [0.4, 0.5) is 0 Å². The summed E-state index contributed by atoms with van der Waals surface area (Å²) in [5.41, 5.74) is 1.83. The van der Waals surface area contributed by atoms with Gasteiger partial charge in [0, 0.05) is 43.2 Å². The fourth-order valence-corrected chi connectivity index (χ4v) is 4.07. The number of aryl methyl sites for hydroxylation is 1. The van der Waals surface area contributed by atoms with E-state index >= 15 is 0 Å². The summed E-state index contributed by atoms with van der Waals surface area (Å²) in [4.78, 5) is 42.5. The van der Waals surface area contributed by atoms with Gasteiger partial charge in [0.25, 0.3) is 5.56 Å². The third kappa shape index (κ3) is 3.50. The summed E-state index contributed by atoms with van der Waals surface area (Å²) in [6.45, 7) is 5.67. The Kier molecular flexibility index (Phi) is 5.08. The number of nitrogens with zero attached hydrogens (tertiary/aromatic N) is 4. The van der Waals surface area contributed by atoms with Crippen molar-refractivity contribution in [3.05, 3.63) is 46.4 Å². The molecule has 1 fully saturated rings. The zero-order chi connectivity index (χ0) is 20.5. The molecule has 1 atom stereocenters. The monoisotopic (exact) mass is 395 g/mol. The summed E-state index contributed by atoms with van der Waals surface area (Å²) >= 11 is 0. The van der Waals surface area contributed by atoms with E-state index in [1.165, 1.54) is 6.07 Å². The highest BCUT2D eigenvalue weighted by molar-refractivity contribution is 5.94. The standard InChI is InChI=1S/C21H25N5O3/c1-14-13-18(27)23-20-16-7-3-4-8-17(16)26(25(14)20)15(2)21(29)22-10-6-12-24-11-5-9-19(24)28/h3-4,7-8,13,15H,5-6,9-12H2,1-2H3,(H,22,29)/t15-/m0/s1. The van der Waals surface area contributed by atoms with Crippen molar-refractivity contribution in [2.75, 3.05) is 19.6 Å². The van der Waals surface area contributed by atoms with Crippen molar-refractivity contribution in [2.24, 2.45) is 0 Å². The molecule has 152 valence electrons. The van der Waals surface area contributed by atoms with Crippen molar-refractivity contribution in [1.29, 1.82) is 0 Å². The van der Waals surface area contributed by atoms with E-state index in [-0.39, 0.29) is 17.4 Å². The van der Waals surface area contributed by atoms with Gasteiger partial charge in [-0.25, -0.2) is 4.52 Å². The van der Waals surface area contributed by atoms with Gasteiger partial charge in [-0.3, -0.25) is 19.1 Å². The van der Waals surface area contributed by atoms with Gasteiger partial charge in [0.05, 0.1) is 5.52 Å². The Morgan fingerprint density at radius 1 is 1.28 bits per heavy atom. The molecule has 4 rings (SSSR count). The van der Waals surface area contributed by atoms with Crippen molar-refractivity contribution >= 4 is 28.4 Å². The van der Waals surface area contributed by atoms with Crippen LogP contribution in [-0.2, 0) is 9.59 Å². The molecule has 8 nitrogen and oxygen atoms in total. The summed E-state index contributed by atoms with van der Waals surface area (Å²) < 4.78 is 3.71. The number of rotatable bonds is 6. The first-order valence-corrected chi connectivity index (χ1v) is 10.0. The molecule has 0 spiro atoms. The summed E-state index contributed by atoms with van der Waals surface area (Å²) in [7, 11) is 0. The van der Waals surface area contributed by atoms with Gasteiger partial charge in [-0.2, -0.15) is 4.98 Å². The lowest BCUT2D eigenvalue weighted by Crippen LogP contribution is -2.35. The van der Waals surface area contributed by atoms with Gasteiger partial charge in [0.15, 0.2) is 5.65 Å². The Hall–Kier alpha value is -3.16. The minimum Gasteiger partial charge on any atom is -0.354 e. The zero-order valence-corrected chi connectivity index (χ0v) is 16.7. The Bertz CT molecular complexity index is 1150. The zero-order valence-electron chi connectivity index (χ0n) is 16.7. The van der Waals surface area contributed by atoms with Crippen LogP contribution in [-0.4, -0.2) is 50.5 Å². The molecule has 3 heterocycles. The highest BCUT2D eigenvalue weighted by Crippen LogP contribution is 2.25. The second-order valence-electron chi connectivity index (χ2n) is 7.54. The van der Waals surface area contributed by atoms with Crippen LogP contribution < -0.4 is 10.9 Å². The number of carbonyl (C=O) groups excluding carboxylic acids is 2. The molecule has 0 saturated carbocycles. The Morgan fingerprint density at radius 2 is 2.07 bits per heavy atom. The van der Waals surface area contributed by atoms with Crippen LogP contribution >= 0.6 is 0 Å². The molecule has 1 N–H and O–H groups in total. The Labute approximate surface area is 168 Å². The molecule has 29 heavy (non-hydrogen) atoms. The number of fused-ring (bicyclic) bond motifs is 3. The maximum absolute atomic E-state index is 12.9. The molecule has 1 aliphatic rings. The number of para-hydroxylation sites is 1. The molecule has 1 saturated heterocycles. The van der Waals surface area contributed by atoms with Crippen LogP contribution in [0.2, 0.25) is 0 Å². The predicted octanol–water partition coefficient (Wildman–Crippen LogP) is 1.65. The van der Waals surface area contributed by atoms with Crippen molar-refractivity contribution in [3.63, 3.8) is 0 Å². The molecule has 2 aromatic heterocycles. The average Bonchev–Trinajstić information content (AvgIpc) is 3.26. The topological polar surface area (TPSA) is 88.7 Å². The number of hydrogen-bond acceptors (Lipinski definition) is 4. The SMILES string of the molecule is Cc1cc(=O)nc2c3ccccc3n([C@@H](C)C(=O)NCCCN3CCCC3=O)n12. The van der Waals surface area contributed by atoms with Crippen LogP contribution in [0.3, 0.4) is 0 Å². The van der Waals surface area contributed by atoms with Crippen LogP contribution in [0, 0.1) is 6.92 Å². The van der Waals surface area contributed by atoms with Crippen molar-refractivity contribution in [2.45, 2.75) is 39.2 Å². The fourth-order valence-electron chi connectivity index (χ4n) is 4.07. The maximum Gasteiger partial charge on any atom is 0.273 e. The van der Waals surface area contributed by atoms with Gasteiger partial charge in [-0.05, 0) is 38.8 Å². The number of amides is 2. The third-order valence-corrected chi connectivity index (χ3v) is 5.51. The predicted molar refractivity (Wildman–Crippen MR) is 110 cm³/mol. The summed E-state index contributed by atoms with van der Waals surface area (Å²) in [6.07, 6.45) is 2.28. The largest absolute Gasteiger partial charge is 0.354 e. The maximum atomic E-state index is 12.9. The molecule has 1 aromatic carbocycles. The minimum atomic E-state index is -0.492. The lowest BCUT2D eigenvalue weighted by molar-refractivity contribution is -0.127. The third-order valence-electron chi connectivity index (χ3n) is 5.51. The number of benzene rings is 1. The molecule has 0 unspecified atom stereocenters. The number of aromatic nitrogens is 3. The van der Waals surface area contributed by atoms with E-state index in [2.05, 4.69) is 10.3 Å². The summed E-state index contributed by atoms with van der Waals surface area (Å²) in [5, 5.41) is 3.81. The smallest absolute Gasteiger partial charge is 0.273 e. The van der Waals surface area contributed by atoms with Gasteiger partial charge in [0.2, 0.25) is 11.8 Å². The van der Waals surface area contributed by atoms with Crippen molar-refractivity contribution < 1.29 is 9.59 Å². The number of carbonyl (C=O) groups is 2. The molecule has 0 aliphatic carbocycles. The first-order valence-electron chi connectivity index (χ1n) is 10.0. The van der Waals surface area contributed by atoms with Crippen LogP contribution in [0.25, 0.3) is 16.6 Å². The number of likely N-dealkylation sites (tertiary alicyclic amines) is 1.